The monoisotopic (exact) mass is 299 g/mol. The van der Waals surface area contributed by atoms with Crippen LogP contribution in [-0.4, -0.2) is 0 Å². The van der Waals surface area contributed by atoms with E-state index in [0.717, 1.165) is 10.2 Å². The minimum atomic E-state index is 0.228. The van der Waals surface area contributed by atoms with Crippen LogP contribution >= 0.6 is 27.3 Å². The zero-order chi connectivity index (χ0) is 11.5. The van der Waals surface area contributed by atoms with Gasteiger partial charge in [-0.1, -0.05) is 0 Å². The van der Waals surface area contributed by atoms with E-state index in [1.165, 1.54) is 4.88 Å². The van der Waals surface area contributed by atoms with E-state index in [4.69, 9.17) is 4.42 Å². The van der Waals surface area contributed by atoms with E-state index in [2.05, 4.69) is 46.5 Å². The molecule has 16 heavy (non-hydrogen) atoms. The van der Waals surface area contributed by atoms with Crippen LogP contribution < -0.4 is 5.32 Å². The van der Waals surface area contributed by atoms with E-state index >= 15 is 0 Å². The van der Waals surface area contributed by atoms with Crippen LogP contribution in [0.4, 0.5) is 0 Å². The molecule has 0 amide bonds. The zero-order valence-corrected chi connectivity index (χ0v) is 11.6. The predicted molar refractivity (Wildman–Crippen MR) is 70.7 cm³/mol. The molecule has 2 nitrogen and oxygen atoms in total. The van der Waals surface area contributed by atoms with Gasteiger partial charge in [-0.15, -0.1) is 11.3 Å². The van der Waals surface area contributed by atoms with Crippen molar-refractivity contribution in [3.05, 3.63) is 45.0 Å². The number of furan rings is 1. The summed E-state index contributed by atoms with van der Waals surface area (Å²) in [6.45, 7) is 4.27. The molecule has 0 saturated carbocycles. The van der Waals surface area contributed by atoms with Gasteiger partial charge in [-0.3, -0.25) is 0 Å². The van der Waals surface area contributed by atoms with Gasteiger partial charge in [0.2, 0.25) is 0 Å². The van der Waals surface area contributed by atoms with Crippen LogP contribution in [0.5, 0.6) is 0 Å². The number of hydrogen-bond donors (Lipinski definition) is 1. The fraction of sp³-hybridized carbons (Fsp3) is 0.333. The maximum absolute atomic E-state index is 5.37. The zero-order valence-electron chi connectivity index (χ0n) is 9.24. The van der Waals surface area contributed by atoms with Crippen molar-refractivity contribution in [3.63, 3.8) is 0 Å². The summed E-state index contributed by atoms with van der Waals surface area (Å²) < 4.78 is 6.51. The van der Waals surface area contributed by atoms with Crippen molar-refractivity contribution in [3.8, 4) is 0 Å². The molecule has 1 N–H and O–H groups in total. The van der Waals surface area contributed by atoms with E-state index in [1.807, 2.05) is 12.1 Å². The molecule has 2 aromatic heterocycles. The molecule has 0 bridgehead atoms. The van der Waals surface area contributed by atoms with Gasteiger partial charge < -0.3 is 9.73 Å². The summed E-state index contributed by atoms with van der Waals surface area (Å²) in [5.74, 6) is 0.975. The van der Waals surface area contributed by atoms with Gasteiger partial charge in [-0.25, -0.2) is 0 Å². The normalized spacial score (nSPS) is 14.9. The van der Waals surface area contributed by atoms with Crippen molar-refractivity contribution < 1.29 is 4.42 Å². The molecule has 0 fully saturated rings. The van der Waals surface area contributed by atoms with E-state index in [1.54, 1.807) is 17.6 Å². The first kappa shape index (κ1) is 11.9. The Morgan fingerprint density at radius 1 is 1.38 bits per heavy atom. The summed E-state index contributed by atoms with van der Waals surface area (Å²) >= 11 is 5.23. The summed E-state index contributed by atoms with van der Waals surface area (Å²) in [7, 11) is 0. The first-order valence-electron chi connectivity index (χ1n) is 5.20. The molecule has 0 aliphatic heterocycles. The third-order valence-electron chi connectivity index (χ3n) is 2.48. The van der Waals surface area contributed by atoms with Crippen molar-refractivity contribution in [1.82, 2.24) is 5.32 Å². The molecule has 0 aliphatic rings. The molecule has 86 valence electrons. The average Bonchev–Trinajstić information content (AvgIpc) is 2.87. The Bertz CT molecular complexity index is 438. The number of rotatable bonds is 4. The molecule has 2 rings (SSSR count). The molecule has 2 atom stereocenters. The van der Waals surface area contributed by atoms with Gasteiger partial charge >= 0.3 is 0 Å². The topological polar surface area (TPSA) is 25.2 Å². The third kappa shape index (κ3) is 2.75. The summed E-state index contributed by atoms with van der Waals surface area (Å²) in [4.78, 5) is 1.32. The Morgan fingerprint density at radius 2 is 2.19 bits per heavy atom. The summed E-state index contributed by atoms with van der Waals surface area (Å²) in [6.07, 6.45) is 1.71. The van der Waals surface area contributed by atoms with Crippen LogP contribution in [0.15, 0.2) is 38.7 Å². The first-order valence-corrected chi connectivity index (χ1v) is 6.87. The van der Waals surface area contributed by atoms with Crippen molar-refractivity contribution >= 4 is 27.3 Å². The van der Waals surface area contributed by atoms with E-state index < -0.39 is 0 Å². The SMILES string of the molecule is CC(NC(C)c1cc(Br)cs1)c1ccco1. The standard InChI is InChI=1S/C12H14BrNOS/c1-8(11-4-3-5-15-11)14-9(2)12-6-10(13)7-16-12/h3-9,14H,1-2H3. The molecule has 4 heteroatoms. The second-order valence-electron chi connectivity index (χ2n) is 3.79. The summed E-state index contributed by atoms with van der Waals surface area (Å²) in [5.41, 5.74) is 0. The smallest absolute Gasteiger partial charge is 0.120 e. The molecule has 0 saturated heterocycles. The molecule has 2 aromatic rings. The lowest BCUT2D eigenvalue weighted by atomic mass is 10.2. The predicted octanol–water partition coefficient (Wildman–Crippen LogP) is 4.52. The van der Waals surface area contributed by atoms with Crippen LogP contribution in [0.2, 0.25) is 0 Å². The van der Waals surface area contributed by atoms with Gasteiger partial charge in [-0.05, 0) is 48.0 Å². The molecule has 0 aromatic carbocycles. The van der Waals surface area contributed by atoms with Crippen LogP contribution in [0.3, 0.4) is 0 Å². The highest BCUT2D eigenvalue weighted by Crippen LogP contribution is 2.27. The number of halogens is 1. The maximum Gasteiger partial charge on any atom is 0.120 e. The Hall–Kier alpha value is -0.580. The summed E-state index contributed by atoms with van der Waals surface area (Å²) in [5, 5.41) is 5.61. The second-order valence-corrected chi connectivity index (χ2v) is 5.65. The maximum atomic E-state index is 5.37. The molecular weight excluding hydrogens is 286 g/mol. The number of hydrogen-bond acceptors (Lipinski definition) is 3. The fourth-order valence-electron chi connectivity index (χ4n) is 1.63. The van der Waals surface area contributed by atoms with Gasteiger partial charge in [0.15, 0.2) is 0 Å². The van der Waals surface area contributed by atoms with Gasteiger partial charge in [-0.2, -0.15) is 0 Å². The van der Waals surface area contributed by atoms with Gasteiger partial charge in [0.05, 0.1) is 12.3 Å². The molecule has 0 spiro atoms. The summed E-state index contributed by atoms with van der Waals surface area (Å²) in [6, 6.07) is 6.62. The Kier molecular flexibility index (Phi) is 3.84. The lowest BCUT2D eigenvalue weighted by Gasteiger charge is -2.17. The highest BCUT2D eigenvalue weighted by Gasteiger charge is 2.14. The van der Waals surface area contributed by atoms with Crippen molar-refractivity contribution in [1.29, 1.82) is 0 Å². The number of nitrogens with one attached hydrogen (secondary N) is 1. The van der Waals surface area contributed by atoms with Crippen molar-refractivity contribution in [2.75, 3.05) is 0 Å². The van der Waals surface area contributed by atoms with E-state index in [9.17, 15) is 0 Å². The largest absolute Gasteiger partial charge is 0.468 e. The lowest BCUT2D eigenvalue weighted by molar-refractivity contribution is 0.405. The number of thiophene rings is 1. The highest BCUT2D eigenvalue weighted by molar-refractivity contribution is 9.10. The average molecular weight is 300 g/mol. The van der Waals surface area contributed by atoms with E-state index in [0.29, 0.717) is 6.04 Å². The third-order valence-corrected chi connectivity index (χ3v) is 4.36. The van der Waals surface area contributed by atoms with Crippen LogP contribution in [0, 0.1) is 0 Å². The van der Waals surface area contributed by atoms with Gasteiger partial charge in [0.1, 0.15) is 5.76 Å². The quantitative estimate of drug-likeness (QED) is 0.898. The molecule has 0 aliphatic carbocycles. The minimum Gasteiger partial charge on any atom is -0.468 e. The highest BCUT2D eigenvalue weighted by atomic mass is 79.9. The molecular formula is C12H14BrNOS. The van der Waals surface area contributed by atoms with Crippen LogP contribution in [-0.2, 0) is 0 Å². The Labute approximate surface area is 108 Å². The van der Waals surface area contributed by atoms with Crippen molar-refractivity contribution in [2.45, 2.75) is 25.9 Å². The molecule has 2 unspecified atom stereocenters. The second kappa shape index (κ2) is 5.17. The molecule has 2 heterocycles. The van der Waals surface area contributed by atoms with Crippen molar-refractivity contribution in [2.24, 2.45) is 0 Å². The Morgan fingerprint density at radius 3 is 2.75 bits per heavy atom. The first-order chi connectivity index (χ1) is 7.66. The fourth-order valence-corrected chi connectivity index (χ4v) is 3.09. The van der Waals surface area contributed by atoms with Crippen LogP contribution in [0.1, 0.15) is 36.6 Å². The van der Waals surface area contributed by atoms with Gasteiger partial charge in [0.25, 0.3) is 0 Å². The van der Waals surface area contributed by atoms with Gasteiger partial charge in [0, 0.05) is 20.8 Å². The minimum absolute atomic E-state index is 0.228. The molecule has 0 radical (unpaired) electrons. The lowest BCUT2D eigenvalue weighted by Crippen LogP contribution is -2.21. The van der Waals surface area contributed by atoms with E-state index in [-0.39, 0.29) is 6.04 Å². The van der Waals surface area contributed by atoms with Crippen LogP contribution in [0.25, 0.3) is 0 Å². The Balaban J connectivity index is 2.00.